The summed E-state index contributed by atoms with van der Waals surface area (Å²) in [5, 5.41) is 21.0. The molecular formula is C21H21N3O4S. The SMILES string of the molecule is Cc1ccc(Nc2cc(NCc3ccccc3)c(C(=O)O)cc2S(N)(=O)=O)cc1. The van der Waals surface area contributed by atoms with E-state index in [9.17, 15) is 18.3 Å². The Balaban J connectivity index is 2.04. The highest BCUT2D eigenvalue weighted by Gasteiger charge is 2.21. The zero-order valence-electron chi connectivity index (χ0n) is 15.7. The van der Waals surface area contributed by atoms with Gasteiger partial charge in [-0.25, -0.2) is 18.4 Å². The molecule has 0 spiro atoms. The molecule has 3 rings (SSSR count). The molecule has 0 heterocycles. The number of sulfonamides is 1. The van der Waals surface area contributed by atoms with Crippen LogP contribution in [0.3, 0.4) is 0 Å². The Kier molecular flexibility index (Phi) is 5.86. The largest absolute Gasteiger partial charge is 0.478 e. The number of nitrogens with two attached hydrogens (primary N) is 1. The molecule has 29 heavy (non-hydrogen) atoms. The third-order valence-electron chi connectivity index (χ3n) is 4.31. The molecule has 0 bridgehead atoms. The maximum atomic E-state index is 12.1. The molecule has 0 aliphatic heterocycles. The molecule has 0 aliphatic carbocycles. The summed E-state index contributed by atoms with van der Waals surface area (Å²) in [6, 6.07) is 19.3. The molecule has 150 valence electrons. The van der Waals surface area contributed by atoms with Crippen molar-refractivity contribution in [2.75, 3.05) is 10.6 Å². The average Bonchev–Trinajstić information content (AvgIpc) is 2.68. The van der Waals surface area contributed by atoms with Crippen molar-refractivity contribution >= 4 is 33.1 Å². The summed E-state index contributed by atoms with van der Waals surface area (Å²) < 4.78 is 24.2. The van der Waals surface area contributed by atoms with Crippen LogP contribution in [0.5, 0.6) is 0 Å². The highest BCUT2D eigenvalue weighted by Crippen LogP contribution is 2.31. The maximum Gasteiger partial charge on any atom is 0.337 e. The highest BCUT2D eigenvalue weighted by molar-refractivity contribution is 7.89. The van der Waals surface area contributed by atoms with E-state index in [4.69, 9.17) is 5.14 Å². The number of anilines is 3. The van der Waals surface area contributed by atoms with Gasteiger partial charge in [-0.15, -0.1) is 0 Å². The van der Waals surface area contributed by atoms with Crippen molar-refractivity contribution < 1.29 is 18.3 Å². The van der Waals surface area contributed by atoms with Crippen LogP contribution in [0, 0.1) is 6.92 Å². The van der Waals surface area contributed by atoms with Crippen molar-refractivity contribution in [3.8, 4) is 0 Å². The van der Waals surface area contributed by atoms with Gasteiger partial charge in [0.15, 0.2) is 0 Å². The first kappa shape index (κ1) is 20.4. The molecule has 8 heteroatoms. The lowest BCUT2D eigenvalue weighted by molar-refractivity contribution is 0.0697. The minimum absolute atomic E-state index is 0.181. The fraction of sp³-hybridized carbons (Fsp3) is 0.0952. The van der Waals surface area contributed by atoms with Crippen LogP contribution in [0.1, 0.15) is 21.5 Å². The molecule has 0 atom stereocenters. The fourth-order valence-electron chi connectivity index (χ4n) is 2.82. The molecule has 0 saturated carbocycles. The third kappa shape index (κ3) is 5.13. The summed E-state index contributed by atoms with van der Waals surface area (Å²) in [4.78, 5) is 11.4. The predicted octanol–water partition coefficient (Wildman–Crippen LogP) is 3.70. The minimum Gasteiger partial charge on any atom is -0.478 e. The molecule has 0 unspecified atom stereocenters. The van der Waals surface area contributed by atoms with Crippen LogP contribution in [0.25, 0.3) is 0 Å². The Morgan fingerprint density at radius 1 is 1.00 bits per heavy atom. The second-order valence-electron chi connectivity index (χ2n) is 6.57. The standard InChI is InChI=1S/C21H21N3O4S/c1-14-7-9-16(10-8-14)24-19-12-18(23-13-15-5-3-2-4-6-15)17(21(25)26)11-20(19)29(22,27)28/h2-12,23-24H,13H2,1H3,(H,25,26)(H2,22,27,28). The zero-order valence-corrected chi connectivity index (χ0v) is 16.5. The topological polar surface area (TPSA) is 122 Å². The first-order chi connectivity index (χ1) is 13.7. The molecule has 0 aliphatic rings. The van der Waals surface area contributed by atoms with E-state index in [1.807, 2.05) is 49.4 Å². The van der Waals surface area contributed by atoms with Crippen molar-refractivity contribution in [2.24, 2.45) is 5.14 Å². The number of benzene rings is 3. The van der Waals surface area contributed by atoms with Gasteiger partial charge in [-0.2, -0.15) is 0 Å². The number of rotatable bonds is 7. The summed E-state index contributed by atoms with van der Waals surface area (Å²) in [5.41, 5.74) is 2.94. The van der Waals surface area contributed by atoms with Crippen LogP contribution in [0.2, 0.25) is 0 Å². The summed E-state index contributed by atoms with van der Waals surface area (Å²) in [7, 11) is -4.16. The number of primary sulfonamides is 1. The second-order valence-corrected chi connectivity index (χ2v) is 8.10. The van der Waals surface area contributed by atoms with Gasteiger partial charge in [-0.1, -0.05) is 48.0 Å². The predicted molar refractivity (Wildman–Crippen MR) is 113 cm³/mol. The summed E-state index contributed by atoms with van der Waals surface area (Å²) in [6.45, 7) is 2.31. The summed E-state index contributed by atoms with van der Waals surface area (Å²) in [6.07, 6.45) is 0. The number of nitrogens with one attached hydrogen (secondary N) is 2. The van der Waals surface area contributed by atoms with Gasteiger partial charge in [-0.05, 0) is 36.8 Å². The smallest absolute Gasteiger partial charge is 0.337 e. The van der Waals surface area contributed by atoms with Crippen molar-refractivity contribution in [3.05, 3.63) is 83.4 Å². The molecule has 7 nitrogen and oxygen atoms in total. The van der Waals surface area contributed by atoms with Gasteiger partial charge >= 0.3 is 5.97 Å². The number of carboxylic acids is 1. The van der Waals surface area contributed by atoms with Gasteiger partial charge in [0.25, 0.3) is 0 Å². The van der Waals surface area contributed by atoms with E-state index in [-0.39, 0.29) is 21.8 Å². The second kappa shape index (κ2) is 8.34. The molecule has 3 aromatic carbocycles. The quantitative estimate of drug-likeness (QED) is 0.470. The number of aryl methyl sites for hydroxylation is 1. The van der Waals surface area contributed by atoms with Gasteiger partial charge in [-0.3, -0.25) is 0 Å². The molecule has 0 radical (unpaired) electrons. The molecule has 0 amide bonds. The van der Waals surface area contributed by atoms with Crippen molar-refractivity contribution in [1.82, 2.24) is 0 Å². The zero-order chi connectivity index (χ0) is 21.0. The monoisotopic (exact) mass is 411 g/mol. The van der Waals surface area contributed by atoms with E-state index in [1.165, 1.54) is 6.07 Å². The molecule has 0 fully saturated rings. The van der Waals surface area contributed by atoms with Crippen LogP contribution in [-0.4, -0.2) is 19.5 Å². The van der Waals surface area contributed by atoms with Crippen LogP contribution in [-0.2, 0) is 16.6 Å². The van der Waals surface area contributed by atoms with Crippen molar-refractivity contribution in [3.63, 3.8) is 0 Å². The summed E-state index contributed by atoms with van der Waals surface area (Å²) >= 11 is 0. The lowest BCUT2D eigenvalue weighted by atomic mass is 10.1. The first-order valence-corrected chi connectivity index (χ1v) is 10.3. The number of hydrogen-bond acceptors (Lipinski definition) is 5. The Bertz CT molecular complexity index is 1130. The molecular weight excluding hydrogens is 390 g/mol. The van der Waals surface area contributed by atoms with E-state index in [0.29, 0.717) is 12.2 Å². The number of carboxylic acid groups (broad SMARTS) is 1. The average molecular weight is 411 g/mol. The Morgan fingerprint density at radius 2 is 1.66 bits per heavy atom. The van der Waals surface area contributed by atoms with Gasteiger partial charge in [0.1, 0.15) is 4.90 Å². The first-order valence-electron chi connectivity index (χ1n) is 8.79. The van der Waals surface area contributed by atoms with Crippen LogP contribution in [0.15, 0.2) is 71.6 Å². The molecule has 5 N–H and O–H groups in total. The van der Waals surface area contributed by atoms with Gasteiger partial charge in [0.2, 0.25) is 10.0 Å². The summed E-state index contributed by atoms with van der Waals surface area (Å²) in [5.74, 6) is -1.26. The fourth-order valence-corrected chi connectivity index (χ4v) is 3.52. The Hall–Kier alpha value is -3.36. The molecule has 0 saturated heterocycles. The lowest BCUT2D eigenvalue weighted by Crippen LogP contribution is -2.16. The van der Waals surface area contributed by atoms with E-state index >= 15 is 0 Å². The molecule has 0 aromatic heterocycles. The van der Waals surface area contributed by atoms with Gasteiger partial charge < -0.3 is 15.7 Å². The molecule has 3 aromatic rings. The maximum absolute atomic E-state index is 12.1. The number of aromatic carboxylic acids is 1. The van der Waals surface area contributed by atoms with E-state index < -0.39 is 16.0 Å². The van der Waals surface area contributed by atoms with E-state index in [2.05, 4.69) is 10.6 Å². The van der Waals surface area contributed by atoms with Crippen LogP contribution < -0.4 is 15.8 Å². The van der Waals surface area contributed by atoms with Gasteiger partial charge in [0.05, 0.1) is 16.9 Å². The normalized spacial score (nSPS) is 11.1. The van der Waals surface area contributed by atoms with Crippen LogP contribution >= 0.6 is 0 Å². The van der Waals surface area contributed by atoms with Gasteiger partial charge in [0, 0.05) is 12.2 Å². The number of hydrogen-bond donors (Lipinski definition) is 4. The Morgan fingerprint density at radius 3 is 2.24 bits per heavy atom. The highest BCUT2D eigenvalue weighted by atomic mass is 32.2. The number of carbonyl (C=O) groups is 1. The lowest BCUT2D eigenvalue weighted by Gasteiger charge is -2.16. The van der Waals surface area contributed by atoms with Crippen LogP contribution in [0.4, 0.5) is 17.1 Å². The van der Waals surface area contributed by atoms with Crippen molar-refractivity contribution in [2.45, 2.75) is 18.4 Å². The van der Waals surface area contributed by atoms with E-state index in [1.54, 1.807) is 12.1 Å². The Labute approximate surface area is 169 Å². The minimum atomic E-state index is -4.16. The van der Waals surface area contributed by atoms with E-state index in [0.717, 1.165) is 17.2 Å². The van der Waals surface area contributed by atoms with Crippen molar-refractivity contribution in [1.29, 1.82) is 0 Å². The third-order valence-corrected chi connectivity index (χ3v) is 5.26.